The van der Waals surface area contributed by atoms with E-state index in [4.69, 9.17) is 10.2 Å². The van der Waals surface area contributed by atoms with Crippen LogP contribution in [0.5, 0.6) is 0 Å². The molecule has 0 aliphatic heterocycles. The maximum Gasteiger partial charge on any atom is 0.326 e. The lowest BCUT2D eigenvalue weighted by Crippen LogP contribution is -2.42. The van der Waals surface area contributed by atoms with E-state index in [1.54, 1.807) is 5.38 Å². The molecule has 1 amide bonds. The first-order valence-electron chi connectivity index (χ1n) is 4.15. The van der Waals surface area contributed by atoms with Crippen LogP contribution in [0.25, 0.3) is 0 Å². The first-order chi connectivity index (χ1) is 7.50. The van der Waals surface area contributed by atoms with E-state index in [0.29, 0.717) is 0 Å². The first kappa shape index (κ1) is 12.1. The Kier molecular flexibility index (Phi) is 3.95. The van der Waals surface area contributed by atoms with Gasteiger partial charge >= 0.3 is 11.9 Å². The highest BCUT2D eigenvalue weighted by Gasteiger charge is 2.24. The lowest BCUT2D eigenvalue weighted by atomic mass is 10.2. The van der Waals surface area contributed by atoms with Gasteiger partial charge in [-0.25, -0.2) is 9.78 Å². The number of aromatic nitrogens is 1. The molecular weight excluding hydrogens is 236 g/mol. The molecule has 0 radical (unpaired) electrons. The van der Waals surface area contributed by atoms with Crippen molar-refractivity contribution in [3.8, 4) is 0 Å². The molecule has 1 aromatic heterocycles. The molecular formula is C8H8N2O5S. The summed E-state index contributed by atoms with van der Waals surface area (Å²) in [5.41, 5.74) is 0. The molecule has 1 atom stereocenters. The summed E-state index contributed by atoms with van der Waals surface area (Å²) in [7, 11) is 0. The molecule has 0 aromatic carbocycles. The highest BCUT2D eigenvalue weighted by Crippen LogP contribution is 2.04. The molecule has 0 aliphatic carbocycles. The zero-order valence-electron chi connectivity index (χ0n) is 7.91. The summed E-state index contributed by atoms with van der Waals surface area (Å²) in [4.78, 5) is 36.1. The third-order valence-corrected chi connectivity index (χ3v) is 2.38. The first-order valence-corrected chi connectivity index (χ1v) is 5.03. The summed E-state index contributed by atoms with van der Waals surface area (Å²) in [5, 5.41) is 20.9. The maximum absolute atomic E-state index is 11.4. The van der Waals surface area contributed by atoms with Crippen molar-refractivity contribution in [3.05, 3.63) is 16.6 Å². The molecule has 16 heavy (non-hydrogen) atoms. The number of hydrogen-bond acceptors (Lipinski definition) is 5. The Morgan fingerprint density at radius 1 is 1.44 bits per heavy atom. The van der Waals surface area contributed by atoms with Crippen molar-refractivity contribution in [2.75, 3.05) is 0 Å². The van der Waals surface area contributed by atoms with Crippen molar-refractivity contribution in [1.82, 2.24) is 10.3 Å². The van der Waals surface area contributed by atoms with E-state index in [0.717, 1.165) is 11.3 Å². The topological polar surface area (TPSA) is 117 Å². The minimum atomic E-state index is -1.45. The molecule has 1 aromatic rings. The van der Waals surface area contributed by atoms with Crippen LogP contribution in [0.1, 0.15) is 16.2 Å². The molecule has 0 bridgehead atoms. The van der Waals surface area contributed by atoms with Crippen molar-refractivity contribution in [3.63, 3.8) is 0 Å². The van der Waals surface area contributed by atoms with Gasteiger partial charge in [0.05, 0.1) is 6.42 Å². The van der Waals surface area contributed by atoms with E-state index in [1.165, 1.54) is 6.20 Å². The standard InChI is InChI=1S/C8H8N2O5S/c11-5(12)3-4(8(14)15)10-6(13)7-9-1-2-16-7/h1-2,4H,3H2,(H,10,13)(H,11,12)(H,14,15). The fourth-order valence-corrected chi connectivity index (χ4v) is 1.47. The van der Waals surface area contributed by atoms with Crippen LogP contribution in [0.2, 0.25) is 0 Å². The second-order valence-electron chi connectivity index (χ2n) is 2.80. The van der Waals surface area contributed by atoms with Crippen LogP contribution in [0.4, 0.5) is 0 Å². The molecule has 7 nitrogen and oxygen atoms in total. The van der Waals surface area contributed by atoms with Crippen LogP contribution in [-0.2, 0) is 9.59 Å². The van der Waals surface area contributed by atoms with Gasteiger partial charge in [0.25, 0.3) is 5.91 Å². The fourth-order valence-electron chi connectivity index (χ4n) is 0.930. The van der Waals surface area contributed by atoms with Gasteiger partial charge in [0.1, 0.15) is 6.04 Å². The zero-order valence-corrected chi connectivity index (χ0v) is 8.73. The minimum Gasteiger partial charge on any atom is -0.481 e. The van der Waals surface area contributed by atoms with Crippen LogP contribution in [-0.4, -0.2) is 39.1 Å². The zero-order chi connectivity index (χ0) is 12.1. The van der Waals surface area contributed by atoms with Gasteiger partial charge in [0.2, 0.25) is 0 Å². The molecule has 0 aliphatic rings. The van der Waals surface area contributed by atoms with Gasteiger partial charge in [-0.05, 0) is 0 Å². The minimum absolute atomic E-state index is 0.0941. The number of thiazole rings is 1. The number of aliphatic carboxylic acids is 2. The Bertz CT molecular complexity index is 403. The lowest BCUT2D eigenvalue weighted by Gasteiger charge is -2.10. The van der Waals surface area contributed by atoms with Crippen molar-refractivity contribution in [2.24, 2.45) is 0 Å². The number of nitrogens with zero attached hydrogens (tertiary/aromatic N) is 1. The number of amides is 1. The number of carboxylic acid groups (broad SMARTS) is 2. The van der Waals surface area contributed by atoms with Crippen LogP contribution >= 0.6 is 11.3 Å². The van der Waals surface area contributed by atoms with Gasteiger partial charge in [0.15, 0.2) is 5.01 Å². The summed E-state index contributed by atoms with van der Waals surface area (Å²) in [6.07, 6.45) is 0.721. The number of nitrogens with one attached hydrogen (secondary N) is 1. The number of carbonyl (C=O) groups excluding carboxylic acids is 1. The van der Waals surface area contributed by atoms with Crippen molar-refractivity contribution in [1.29, 1.82) is 0 Å². The molecule has 0 saturated heterocycles. The Labute approximate surface area is 93.7 Å². The van der Waals surface area contributed by atoms with E-state index in [1.807, 2.05) is 0 Å². The number of carbonyl (C=O) groups is 3. The summed E-state index contributed by atoms with van der Waals surface area (Å²) in [6, 6.07) is -1.45. The second kappa shape index (κ2) is 5.21. The third-order valence-electron chi connectivity index (χ3n) is 1.61. The SMILES string of the molecule is O=C(O)CC(NC(=O)c1nccs1)C(=O)O. The van der Waals surface area contributed by atoms with Crippen LogP contribution in [0, 0.1) is 0 Å². The molecule has 0 saturated carbocycles. The Morgan fingerprint density at radius 3 is 2.56 bits per heavy atom. The lowest BCUT2D eigenvalue weighted by molar-refractivity contribution is -0.145. The number of carboxylic acids is 2. The Morgan fingerprint density at radius 2 is 2.12 bits per heavy atom. The molecule has 86 valence electrons. The van der Waals surface area contributed by atoms with Crippen LogP contribution in [0.15, 0.2) is 11.6 Å². The van der Waals surface area contributed by atoms with Gasteiger partial charge in [-0.1, -0.05) is 0 Å². The number of rotatable bonds is 5. The van der Waals surface area contributed by atoms with Gasteiger partial charge < -0.3 is 15.5 Å². The summed E-state index contributed by atoms with van der Waals surface area (Å²) in [5.74, 6) is -3.39. The molecule has 1 heterocycles. The molecule has 1 unspecified atom stereocenters. The van der Waals surface area contributed by atoms with E-state index < -0.39 is 30.3 Å². The summed E-state index contributed by atoms with van der Waals surface area (Å²) >= 11 is 1.04. The predicted molar refractivity (Wildman–Crippen MR) is 53.3 cm³/mol. The maximum atomic E-state index is 11.4. The van der Waals surface area contributed by atoms with E-state index in [2.05, 4.69) is 10.3 Å². The van der Waals surface area contributed by atoms with Crippen LogP contribution in [0.3, 0.4) is 0 Å². The molecule has 0 fully saturated rings. The average Bonchev–Trinajstić information content (AvgIpc) is 2.68. The van der Waals surface area contributed by atoms with Gasteiger partial charge in [-0.2, -0.15) is 0 Å². The number of hydrogen-bond donors (Lipinski definition) is 3. The van der Waals surface area contributed by atoms with Gasteiger partial charge in [-0.3, -0.25) is 9.59 Å². The molecule has 0 spiro atoms. The highest BCUT2D eigenvalue weighted by atomic mass is 32.1. The van der Waals surface area contributed by atoms with E-state index in [9.17, 15) is 14.4 Å². The quantitative estimate of drug-likeness (QED) is 0.660. The largest absolute Gasteiger partial charge is 0.481 e. The van der Waals surface area contributed by atoms with E-state index in [-0.39, 0.29) is 5.01 Å². The third kappa shape index (κ3) is 3.31. The fraction of sp³-hybridized carbons (Fsp3) is 0.250. The normalized spacial score (nSPS) is 11.8. The van der Waals surface area contributed by atoms with E-state index >= 15 is 0 Å². The Hall–Kier alpha value is -1.96. The summed E-state index contributed by atoms with van der Waals surface area (Å²) < 4.78 is 0. The Balaban J connectivity index is 2.65. The van der Waals surface area contributed by atoms with Gasteiger partial charge in [0, 0.05) is 11.6 Å². The molecule has 8 heteroatoms. The molecule has 3 N–H and O–H groups in total. The van der Waals surface area contributed by atoms with Crippen molar-refractivity contribution < 1.29 is 24.6 Å². The van der Waals surface area contributed by atoms with Gasteiger partial charge in [-0.15, -0.1) is 11.3 Å². The van der Waals surface area contributed by atoms with Crippen molar-refractivity contribution >= 4 is 29.2 Å². The predicted octanol–water partition coefficient (Wildman–Crippen LogP) is -0.199. The second-order valence-corrected chi connectivity index (χ2v) is 3.69. The van der Waals surface area contributed by atoms with Crippen LogP contribution < -0.4 is 5.32 Å². The molecule has 1 rings (SSSR count). The summed E-state index contributed by atoms with van der Waals surface area (Å²) in [6.45, 7) is 0. The average molecular weight is 244 g/mol. The monoisotopic (exact) mass is 244 g/mol. The smallest absolute Gasteiger partial charge is 0.326 e. The highest BCUT2D eigenvalue weighted by molar-refractivity contribution is 7.11. The van der Waals surface area contributed by atoms with Crippen molar-refractivity contribution in [2.45, 2.75) is 12.5 Å².